The lowest BCUT2D eigenvalue weighted by Gasteiger charge is -2.13. The first kappa shape index (κ1) is 15.4. The average Bonchev–Trinajstić information content (AvgIpc) is 3.00. The highest BCUT2D eigenvalue weighted by molar-refractivity contribution is 7.97. The highest BCUT2D eigenvalue weighted by Crippen LogP contribution is 2.36. The number of ether oxygens (including phenoxy) is 1. The van der Waals surface area contributed by atoms with Gasteiger partial charge in [0.05, 0.1) is 5.56 Å². The van der Waals surface area contributed by atoms with Crippen LogP contribution in [0.5, 0.6) is 11.5 Å². The van der Waals surface area contributed by atoms with Crippen LogP contribution in [0.25, 0.3) is 10.9 Å². The number of aromatic amines is 1. The summed E-state index contributed by atoms with van der Waals surface area (Å²) in [5, 5.41) is 9.76. The molecule has 0 fully saturated rings. The largest absolute Gasteiger partial charge is 0.454 e. The Hall–Kier alpha value is -2.52. The van der Waals surface area contributed by atoms with E-state index >= 15 is 0 Å². The van der Waals surface area contributed by atoms with Crippen LogP contribution in [0.3, 0.4) is 0 Å². The van der Waals surface area contributed by atoms with Crippen LogP contribution in [0, 0.1) is 23.0 Å². The standard InChI is InChI=1S/C17H12F2N2OS/c1-23-9-13-12-4-5-21-16(12)7-15(19)17(13)22-11-2-3-14(18)10(6-11)8-20/h2-7,21H,9H2,1H3. The van der Waals surface area contributed by atoms with Gasteiger partial charge in [0.25, 0.3) is 0 Å². The number of thioether (sulfide) groups is 1. The maximum absolute atomic E-state index is 14.4. The van der Waals surface area contributed by atoms with Crippen molar-refractivity contribution in [2.75, 3.05) is 6.26 Å². The molecule has 0 spiro atoms. The van der Waals surface area contributed by atoms with Crippen LogP contribution in [0.4, 0.5) is 8.78 Å². The van der Waals surface area contributed by atoms with E-state index in [0.717, 1.165) is 17.0 Å². The third-order valence-electron chi connectivity index (χ3n) is 3.43. The molecule has 0 aliphatic rings. The quantitative estimate of drug-likeness (QED) is 0.734. The van der Waals surface area contributed by atoms with Crippen molar-refractivity contribution in [3.8, 4) is 17.6 Å². The summed E-state index contributed by atoms with van der Waals surface area (Å²) in [4.78, 5) is 2.98. The van der Waals surface area contributed by atoms with Gasteiger partial charge in [0.1, 0.15) is 17.6 Å². The molecule has 3 nitrogen and oxygen atoms in total. The minimum Gasteiger partial charge on any atom is -0.454 e. The number of hydrogen-bond donors (Lipinski definition) is 1. The molecule has 1 aromatic heterocycles. The van der Waals surface area contributed by atoms with Gasteiger partial charge in [-0.3, -0.25) is 0 Å². The molecule has 3 aromatic rings. The monoisotopic (exact) mass is 330 g/mol. The molecule has 0 aliphatic carbocycles. The Balaban J connectivity index is 2.10. The van der Waals surface area contributed by atoms with Gasteiger partial charge in [0, 0.05) is 40.5 Å². The molecule has 116 valence electrons. The number of nitrogens with zero attached hydrogens (tertiary/aromatic N) is 1. The van der Waals surface area contributed by atoms with Gasteiger partial charge in [0.15, 0.2) is 11.6 Å². The number of rotatable bonds is 4. The number of hydrogen-bond acceptors (Lipinski definition) is 3. The summed E-state index contributed by atoms with van der Waals surface area (Å²) in [5.74, 6) is -0.257. The molecular formula is C17H12F2N2OS. The van der Waals surface area contributed by atoms with Crippen molar-refractivity contribution < 1.29 is 13.5 Å². The topological polar surface area (TPSA) is 48.8 Å². The molecule has 0 saturated heterocycles. The van der Waals surface area contributed by atoms with E-state index in [0.29, 0.717) is 11.3 Å². The zero-order valence-corrected chi connectivity index (χ0v) is 13.0. The summed E-state index contributed by atoms with van der Waals surface area (Å²) in [6, 6.07) is 8.74. The molecule has 2 aromatic carbocycles. The number of aromatic nitrogens is 1. The van der Waals surface area contributed by atoms with E-state index in [2.05, 4.69) is 4.98 Å². The molecule has 0 saturated carbocycles. The Morgan fingerprint density at radius 1 is 1.22 bits per heavy atom. The van der Waals surface area contributed by atoms with Crippen LogP contribution in [0.15, 0.2) is 36.5 Å². The lowest BCUT2D eigenvalue weighted by Crippen LogP contribution is -1.96. The smallest absolute Gasteiger partial charge is 0.168 e. The van der Waals surface area contributed by atoms with Crippen LogP contribution in [0.2, 0.25) is 0 Å². The molecule has 0 atom stereocenters. The number of benzene rings is 2. The number of nitrogens with one attached hydrogen (secondary N) is 1. The summed E-state index contributed by atoms with van der Waals surface area (Å²) in [5.41, 5.74) is 1.27. The second kappa shape index (κ2) is 6.31. The first-order valence-corrected chi connectivity index (χ1v) is 8.18. The van der Waals surface area contributed by atoms with E-state index in [-0.39, 0.29) is 17.1 Å². The summed E-state index contributed by atoms with van der Waals surface area (Å²) in [7, 11) is 0. The molecule has 1 heterocycles. The van der Waals surface area contributed by atoms with Gasteiger partial charge in [0.2, 0.25) is 0 Å². The fourth-order valence-corrected chi connectivity index (χ4v) is 2.97. The van der Waals surface area contributed by atoms with E-state index in [1.54, 1.807) is 24.0 Å². The SMILES string of the molecule is CSCc1c(Oc2ccc(F)c(C#N)c2)c(F)cc2[nH]ccc12. The fourth-order valence-electron chi connectivity index (χ4n) is 2.39. The molecule has 0 radical (unpaired) electrons. The van der Waals surface area contributed by atoms with Gasteiger partial charge >= 0.3 is 0 Å². The van der Waals surface area contributed by atoms with E-state index in [1.807, 2.05) is 12.3 Å². The van der Waals surface area contributed by atoms with E-state index in [9.17, 15) is 8.78 Å². The Bertz CT molecular complexity index is 915. The van der Waals surface area contributed by atoms with Crippen LogP contribution < -0.4 is 4.74 Å². The Labute approximate surface area is 135 Å². The van der Waals surface area contributed by atoms with Gasteiger partial charge in [-0.15, -0.1) is 0 Å². The third-order valence-corrected chi connectivity index (χ3v) is 4.01. The summed E-state index contributed by atoms with van der Waals surface area (Å²) < 4.78 is 33.5. The third kappa shape index (κ3) is 2.88. The number of halogens is 2. The van der Waals surface area contributed by atoms with Crippen LogP contribution in [-0.4, -0.2) is 11.2 Å². The van der Waals surface area contributed by atoms with Gasteiger partial charge in [-0.05, 0) is 24.5 Å². The second-order valence-electron chi connectivity index (χ2n) is 4.89. The van der Waals surface area contributed by atoms with Gasteiger partial charge in [-0.25, -0.2) is 8.78 Å². The van der Waals surface area contributed by atoms with Crippen LogP contribution in [-0.2, 0) is 5.75 Å². The Morgan fingerprint density at radius 3 is 2.78 bits per heavy atom. The zero-order chi connectivity index (χ0) is 16.4. The van der Waals surface area contributed by atoms with Crippen molar-refractivity contribution in [3.63, 3.8) is 0 Å². The number of nitriles is 1. The zero-order valence-electron chi connectivity index (χ0n) is 12.2. The molecule has 0 bridgehead atoms. The summed E-state index contributed by atoms with van der Waals surface area (Å²) >= 11 is 1.54. The van der Waals surface area contributed by atoms with Crippen LogP contribution in [0.1, 0.15) is 11.1 Å². The highest BCUT2D eigenvalue weighted by Gasteiger charge is 2.17. The van der Waals surface area contributed by atoms with Crippen molar-refractivity contribution >= 4 is 22.7 Å². The minimum absolute atomic E-state index is 0.0990. The minimum atomic E-state index is -0.634. The Morgan fingerprint density at radius 2 is 2.04 bits per heavy atom. The van der Waals surface area contributed by atoms with Gasteiger partial charge in [-0.2, -0.15) is 17.0 Å². The number of fused-ring (bicyclic) bond motifs is 1. The first-order valence-electron chi connectivity index (χ1n) is 6.79. The van der Waals surface area contributed by atoms with Crippen molar-refractivity contribution in [2.24, 2.45) is 0 Å². The predicted octanol–water partition coefficient (Wildman–Crippen LogP) is 4.97. The fraction of sp³-hybridized carbons (Fsp3) is 0.118. The van der Waals surface area contributed by atoms with Crippen LogP contribution >= 0.6 is 11.8 Å². The number of H-pyrrole nitrogens is 1. The molecular weight excluding hydrogens is 318 g/mol. The average molecular weight is 330 g/mol. The summed E-state index contributed by atoms with van der Waals surface area (Å²) in [6.07, 6.45) is 3.66. The molecule has 1 N–H and O–H groups in total. The lowest BCUT2D eigenvalue weighted by molar-refractivity contribution is 0.438. The molecule has 0 aliphatic heterocycles. The van der Waals surface area contributed by atoms with E-state index < -0.39 is 11.6 Å². The first-order chi connectivity index (χ1) is 11.1. The molecule has 6 heteroatoms. The predicted molar refractivity (Wildman–Crippen MR) is 86.7 cm³/mol. The molecule has 3 rings (SSSR count). The molecule has 0 amide bonds. The van der Waals surface area contributed by atoms with Gasteiger partial charge in [-0.1, -0.05) is 0 Å². The van der Waals surface area contributed by atoms with Crippen molar-refractivity contribution in [2.45, 2.75) is 5.75 Å². The highest BCUT2D eigenvalue weighted by atomic mass is 32.2. The normalized spacial score (nSPS) is 10.7. The Kier molecular flexibility index (Phi) is 4.22. The van der Waals surface area contributed by atoms with Crippen molar-refractivity contribution in [3.05, 3.63) is 59.3 Å². The second-order valence-corrected chi connectivity index (χ2v) is 5.76. The molecule has 0 unspecified atom stereocenters. The van der Waals surface area contributed by atoms with Crippen molar-refractivity contribution in [1.82, 2.24) is 4.98 Å². The maximum Gasteiger partial charge on any atom is 0.168 e. The summed E-state index contributed by atoms with van der Waals surface area (Å²) in [6.45, 7) is 0. The van der Waals surface area contributed by atoms with E-state index in [4.69, 9.17) is 10.00 Å². The van der Waals surface area contributed by atoms with Crippen molar-refractivity contribution in [1.29, 1.82) is 5.26 Å². The lowest BCUT2D eigenvalue weighted by atomic mass is 10.1. The molecule has 23 heavy (non-hydrogen) atoms. The van der Waals surface area contributed by atoms with Gasteiger partial charge < -0.3 is 9.72 Å². The van der Waals surface area contributed by atoms with E-state index in [1.165, 1.54) is 18.2 Å². The maximum atomic E-state index is 14.4.